The van der Waals surface area contributed by atoms with E-state index >= 15 is 0 Å². The van der Waals surface area contributed by atoms with Crippen LogP contribution >= 0.6 is 0 Å². The van der Waals surface area contributed by atoms with E-state index in [4.69, 9.17) is 9.97 Å². The maximum atomic E-state index is 5.38. The summed E-state index contributed by atoms with van der Waals surface area (Å²) >= 11 is 0. The minimum absolute atomic E-state index is 0.871. The van der Waals surface area contributed by atoms with Gasteiger partial charge >= 0.3 is 0 Å². The van der Waals surface area contributed by atoms with Gasteiger partial charge in [0.15, 0.2) is 6.20 Å². The number of aryl methyl sites for hydroxylation is 1. The van der Waals surface area contributed by atoms with Crippen molar-refractivity contribution in [3.63, 3.8) is 0 Å². The van der Waals surface area contributed by atoms with Gasteiger partial charge in [0, 0.05) is 18.3 Å². The molecule has 6 aromatic rings. The number of aromatic nitrogens is 4. The predicted octanol–water partition coefficient (Wildman–Crippen LogP) is 8.35. The molecule has 1 aliphatic rings. The largest absolute Gasteiger partial charge is 0.255 e. The molecule has 0 saturated heterocycles. The highest BCUT2D eigenvalue weighted by molar-refractivity contribution is 7.13. The van der Waals surface area contributed by atoms with Gasteiger partial charge in [-0.05, 0) is 75.1 Å². The van der Waals surface area contributed by atoms with Crippen molar-refractivity contribution in [3.8, 4) is 22.8 Å². The summed E-state index contributed by atoms with van der Waals surface area (Å²) in [5, 5.41) is 2.64. The fraction of sp³-hybridized carbons (Fsp3) is 0.0769. The Balaban J connectivity index is 1.53. The van der Waals surface area contributed by atoms with Crippen LogP contribution in [0.5, 0.6) is 0 Å². The SMILES string of the molecule is C[n+]1ccccc1-c1cccc(C2=C(c3ccccc3)C(c3ccccc3)=C(c3cccc(-c4ccccn4)n3)[Si]2(C)C)n1. The Bertz CT molecular complexity index is 2030. The van der Waals surface area contributed by atoms with Crippen LogP contribution in [0.3, 0.4) is 0 Å². The van der Waals surface area contributed by atoms with Gasteiger partial charge in [-0.15, -0.1) is 0 Å². The average molecular weight is 586 g/mol. The quantitative estimate of drug-likeness (QED) is 0.146. The van der Waals surface area contributed by atoms with E-state index < -0.39 is 8.07 Å². The molecule has 44 heavy (non-hydrogen) atoms. The normalized spacial score (nSPS) is 14.2. The lowest BCUT2D eigenvalue weighted by atomic mass is 9.90. The molecule has 0 aliphatic carbocycles. The summed E-state index contributed by atoms with van der Waals surface area (Å²) in [7, 11) is -0.357. The molecule has 4 nitrogen and oxygen atoms in total. The molecule has 1 aliphatic heterocycles. The van der Waals surface area contributed by atoms with Crippen LogP contribution in [0.4, 0.5) is 0 Å². The Morgan fingerprint density at radius 2 is 0.977 bits per heavy atom. The zero-order valence-corrected chi connectivity index (χ0v) is 26.1. The Morgan fingerprint density at radius 1 is 0.477 bits per heavy atom. The van der Waals surface area contributed by atoms with Gasteiger partial charge in [0.1, 0.15) is 20.8 Å². The van der Waals surface area contributed by atoms with Crippen LogP contribution in [0.25, 0.3) is 44.3 Å². The van der Waals surface area contributed by atoms with E-state index in [0.717, 1.165) is 34.2 Å². The van der Waals surface area contributed by atoms with Crippen molar-refractivity contribution in [2.24, 2.45) is 7.05 Å². The second-order valence-corrected chi connectivity index (χ2v) is 15.8. The summed E-state index contributed by atoms with van der Waals surface area (Å²) in [5.74, 6) is 0. The molecule has 0 fully saturated rings. The maximum Gasteiger partial charge on any atom is 0.230 e. The standard InChI is InChI=1S/C39H33N4Si/c1-43-27-13-11-25-35(43)32-22-15-24-34(42-32)39-37(29-18-8-5-9-19-29)36(28-16-6-4-7-17-28)38(44(39,2)3)33-23-14-21-31(41-33)30-20-10-12-26-40-30/h4-27H,1-3H3/q+1. The first-order valence-electron chi connectivity index (χ1n) is 14.9. The number of hydrogen-bond donors (Lipinski definition) is 0. The van der Waals surface area contributed by atoms with Crippen molar-refractivity contribution in [3.05, 3.63) is 168 Å². The van der Waals surface area contributed by atoms with Crippen molar-refractivity contribution in [1.82, 2.24) is 15.0 Å². The lowest BCUT2D eigenvalue weighted by molar-refractivity contribution is -0.660. The Kier molecular flexibility index (Phi) is 7.16. The smallest absolute Gasteiger partial charge is 0.230 e. The van der Waals surface area contributed by atoms with E-state index in [1.807, 2.05) is 30.5 Å². The molecule has 212 valence electrons. The molecule has 5 heterocycles. The second-order valence-electron chi connectivity index (χ2n) is 11.6. The van der Waals surface area contributed by atoms with Crippen LogP contribution in [0.2, 0.25) is 13.1 Å². The van der Waals surface area contributed by atoms with Gasteiger partial charge in [-0.1, -0.05) is 92.0 Å². The molecule has 0 radical (unpaired) electrons. The molecule has 4 aromatic heterocycles. The summed E-state index contributed by atoms with van der Waals surface area (Å²) in [6.07, 6.45) is 3.89. The molecular weight excluding hydrogens is 553 g/mol. The molecule has 7 rings (SSSR count). The van der Waals surface area contributed by atoms with Crippen molar-refractivity contribution >= 4 is 29.6 Å². The molecule has 0 spiro atoms. The number of hydrogen-bond acceptors (Lipinski definition) is 3. The van der Waals surface area contributed by atoms with Crippen molar-refractivity contribution in [2.45, 2.75) is 13.1 Å². The third-order valence-corrected chi connectivity index (χ3v) is 11.9. The highest BCUT2D eigenvalue weighted by Gasteiger charge is 2.45. The molecule has 0 bridgehead atoms. The lowest BCUT2D eigenvalue weighted by Gasteiger charge is -2.25. The Labute approximate surface area is 259 Å². The lowest BCUT2D eigenvalue weighted by Crippen LogP contribution is -2.31. The van der Waals surface area contributed by atoms with Crippen LogP contribution in [-0.2, 0) is 7.05 Å². The summed E-state index contributed by atoms with van der Waals surface area (Å²) in [4.78, 5) is 15.3. The zero-order valence-electron chi connectivity index (χ0n) is 25.1. The zero-order chi connectivity index (χ0) is 30.1. The summed E-state index contributed by atoms with van der Waals surface area (Å²) in [5.41, 5.74) is 10.7. The van der Waals surface area contributed by atoms with E-state index in [1.54, 1.807) is 0 Å². The highest BCUT2D eigenvalue weighted by Crippen LogP contribution is 2.55. The summed E-state index contributed by atoms with van der Waals surface area (Å²) in [6, 6.07) is 46.6. The van der Waals surface area contributed by atoms with Crippen LogP contribution in [0, 0.1) is 0 Å². The minimum atomic E-state index is -2.43. The van der Waals surface area contributed by atoms with Gasteiger partial charge in [-0.25, -0.2) is 9.97 Å². The fourth-order valence-electron chi connectivity index (χ4n) is 6.42. The number of benzene rings is 2. The monoisotopic (exact) mass is 585 g/mol. The molecule has 5 heteroatoms. The van der Waals surface area contributed by atoms with Gasteiger partial charge < -0.3 is 0 Å². The highest BCUT2D eigenvalue weighted by atomic mass is 28.3. The number of nitrogens with zero attached hydrogens (tertiary/aromatic N) is 4. The third kappa shape index (κ3) is 4.91. The third-order valence-electron chi connectivity index (χ3n) is 8.38. The Hall–Kier alpha value is -5.26. The van der Waals surface area contributed by atoms with E-state index in [2.05, 4.69) is 145 Å². The first-order chi connectivity index (χ1) is 21.5. The molecule has 0 unspecified atom stereocenters. The van der Waals surface area contributed by atoms with Crippen LogP contribution in [0.1, 0.15) is 22.5 Å². The molecule has 2 aromatic carbocycles. The Morgan fingerprint density at radius 3 is 1.55 bits per heavy atom. The van der Waals surface area contributed by atoms with E-state index in [1.165, 1.54) is 32.7 Å². The molecular formula is C39H33N4Si+. The van der Waals surface area contributed by atoms with Gasteiger partial charge in [0.05, 0.1) is 22.8 Å². The number of allylic oxidation sites excluding steroid dienone is 2. The van der Waals surface area contributed by atoms with Gasteiger partial charge in [0.25, 0.3) is 0 Å². The van der Waals surface area contributed by atoms with E-state index in [9.17, 15) is 0 Å². The summed E-state index contributed by atoms with van der Waals surface area (Å²) in [6.45, 7) is 4.89. The van der Waals surface area contributed by atoms with E-state index in [0.29, 0.717) is 0 Å². The minimum Gasteiger partial charge on any atom is -0.255 e. The molecule has 0 N–H and O–H groups in total. The molecule has 0 amide bonds. The topological polar surface area (TPSA) is 42.5 Å². The van der Waals surface area contributed by atoms with Gasteiger partial charge in [0.2, 0.25) is 5.69 Å². The van der Waals surface area contributed by atoms with Crippen LogP contribution < -0.4 is 4.57 Å². The number of rotatable bonds is 6. The number of pyridine rings is 4. The van der Waals surface area contributed by atoms with Crippen LogP contribution in [-0.4, -0.2) is 23.0 Å². The van der Waals surface area contributed by atoms with Crippen molar-refractivity contribution in [2.75, 3.05) is 0 Å². The molecule has 0 atom stereocenters. The van der Waals surface area contributed by atoms with Crippen molar-refractivity contribution < 1.29 is 4.57 Å². The second kappa shape index (κ2) is 11.4. The first kappa shape index (κ1) is 27.6. The van der Waals surface area contributed by atoms with Crippen molar-refractivity contribution in [1.29, 1.82) is 0 Å². The average Bonchev–Trinajstić information content (AvgIpc) is 3.33. The van der Waals surface area contributed by atoms with Crippen LogP contribution in [0.15, 0.2) is 146 Å². The molecule has 0 saturated carbocycles. The van der Waals surface area contributed by atoms with E-state index in [-0.39, 0.29) is 0 Å². The van der Waals surface area contributed by atoms with Gasteiger partial charge in [-0.2, -0.15) is 4.57 Å². The first-order valence-corrected chi connectivity index (χ1v) is 17.9. The predicted molar refractivity (Wildman–Crippen MR) is 182 cm³/mol. The van der Waals surface area contributed by atoms with Gasteiger partial charge in [-0.3, -0.25) is 4.98 Å². The fourth-order valence-corrected chi connectivity index (χ4v) is 10.0. The maximum absolute atomic E-state index is 5.38. The summed E-state index contributed by atoms with van der Waals surface area (Å²) < 4.78 is 2.13.